The van der Waals surface area contributed by atoms with Gasteiger partial charge in [0.2, 0.25) is 0 Å². The zero-order chi connectivity index (χ0) is 16.4. The van der Waals surface area contributed by atoms with E-state index in [4.69, 9.17) is 11.6 Å². The number of benzene rings is 1. The van der Waals surface area contributed by atoms with Crippen molar-refractivity contribution in [3.63, 3.8) is 0 Å². The van der Waals surface area contributed by atoms with Crippen LogP contribution >= 0.6 is 11.6 Å². The third-order valence-electron chi connectivity index (χ3n) is 4.21. The minimum absolute atomic E-state index is 0.00794. The van der Waals surface area contributed by atoms with Crippen LogP contribution in [-0.4, -0.2) is 58.7 Å². The molecule has 0 saturated carbocycles. The van der Waals surface area contributed by atoms with E-state index in [0.717, 1.165) is 44.0 Å². The number of piperazine rings is 1. The quantitative estimate of drug-likeness (QED) is 0.867. The Hall–Kier alpha value is -1.85. The van der Waals surface area contributed by atoms with E-state index in [9.17, 15) is 4.79 Å². The van der Waals surface area contributed by atoms with Crippen LogP contribution in [0.5, 0.6) is 0 Å². The van der Waals surface area contributed by atoms with Gasteiger partial charge < -0.3 is 9.80 Å². The summed E-state index contributed by atoms with van der Waals surface area (Å²) in [7, 11) is 2.07. The van der Waals surface area contributed by atoms with Crippen molar-refractivity contribution < 1.29 is 4.79 Å². The first-order chi connectivity index (χ1) is 11.1. The van der Waals surface area contributed by atoms with E-state index in [1.54, 1.807) is 0 Å². The highest BCUT2D eigenvalue weighted by Gasteiger charge is 2.23. The first kappa shape index (κ1) is 16.0. The predicted molar refractivity (Wildman–Crippen MR) is 91.4 cm³/mol. The SMILES string of the molecule is CCc1cc(C(=O)N2CCN(C)CC2)nn1-c1cccc(Cl)c1. The van der Waals surface area contributed by atoms with Crippen molar-refractivity contribution in [2.75, 3.05) is 33.2 Å². The van der Waals surface area contributed by atoms with Crippen LogP contribution in [0.15, 0.2) is 30.3 Å². The van der Waals surface area contributed by atoms with Crippen LogP contribution in [0.2, 0.25) is 5.02 Å². The zero-order valence-corrected chi connectivity index (χ0v) is 14.3. The topological polar surface area (TPSA) is 41.4 Å². The van der Waals surface area contributed by atoms with Gasteiger partial charge in [-0.05, 0) is 37.7 Å². The van der Waals surface area contributed by atoms with Gasteiger partial charge in [0.25, 0.3) is 5.91 Å². The Balaban J connectivity index is 1.88. The average Bonchev–Trinajstić information content (AvgIpc) is 2.99. The Kier molecular flexibility index (Phi) is 4.68. The van der Waals surface area contributed by atoms with Gasteiger partial charge in [-0.25, -0.2) is 4.68 Å². The van der Waals surface area contributed by atoms with E-state index in [-0.39, 0.29) is 5.91 Å². The highest BCUT2D eigenvalue weighted by Crippen LogP contribution is 2.18. The lowest BCUT2D eigenvalue weighted by molar-refractivity contribution is 0.0657. The Labute approximate surface area is 141 Å². The summed E-state index contributed by atoms with van der Waals surface area (Å²) in [5.74, 6) is 0.00794. The largest absolute Gasteiger partial charge is 0.335 e. The van der Waals surface area contributed by atoms with Gasteiger partial charge in [0, 0.05) is 36.9 Å². The lowest BCUT2D eigenvalue weighted by atomic mass is 10.2. The Bertz CT molecular complexity index is 704. The first-order valence-electron chi connectivity index (χ1n) is 7.91. The second kappa shape index (κ2) is 6.72. The van der Waals surface area contributed by atoms with Crippen LogP contribution in [0, 0.1) is 0 Å². The highest BCUT2D eigenvalue weighted by atomic mass is 35.5. The van der Waals surface area contributed by atoms with E-state index < -0.39 is 0 Å². The number of rotatable bonds is 3. The second-order valence-corrected chi connectivity index (χ2v) is 6.30. The molecular formula is C17H21ClN4O. The van der Waals surface area contributed by atoms with Gasteiger partial charge >= 0.3 is 0 Å². The monoisotopic (exact) mass is 332 g/mol. The molecule has 1 aromatic heterocycles. The molecule has 1 fully saturated rings. The summed E-state index contributed by atoms with van der Waals surface area (Å²) >= 11 is 6.07. The zero-order valence-electron chi connectivity index (χ0n) is 13.5. The smallest absolute Gasteiger partial charge is 0.274 e. The Morgan fingerprint density at radius 1 is 1.22 bits per heavy atom. The molecule has 1 amide bonds. The first-order valence-corrected chi connectivity index (χ1v) is 8.29. The summed E-state index contributed by atoms with van der Waals surface area (Å²) in [6.45, 7) is 5.37. The third kappa shape index (κ3) is 3.41. The van der Waals surface area contributed by atoms with Crippen LogP contribution in [0.1, 0.15) is 23.1 Å². The maximum Gasteiger partial charge on any atom is 0.274 e. The molecule has 0 radical (unpaired) electrons. The van der Waals surface area contributed by atoms with Gasteiger partial charge in [-0.2, -0.15) is 5.10 Å². The molecule has 1 aromatic carbocycles. The number of halogens is 1. The molecule has 0 N–H and O–H groups in total. The van der Waals surface area contributed by atoms with Gasteiger partial charge in [0.05, 0.1) is 5.69 Å². The molecule has 1 aliphatic heterocycles. The molecular weight excluding hydrogens is 312 g/mol. The van der Waals surface area contributed by atoms with Crippen molar-refractivity contribution in [3.8, 4) is 5.69 Å². The highest BCUT2D eigenvalue weighted by molar-refractivity contribution is 6.30. The number of likely N-dealkylation sites (N-methyl/N-ethyl adjacent to an activating group) is 1. The molecule has 1 saturated heterocycles. The summed E-state index contributed by atoms with van der Waals surface area (Å²) in [6, 6.07) is 9.42. The molecule has 0 unspecified atom stereocenters. The average molecular weight is 333 g/mol. The Morgan fingerprint density at radius 2 is 1.96 bits per heavy atom. The van der Waals surface area contributed by atoms with Crippen molar-refractivity contribution in [2.24, 2.45) is 0 Å². The standard InChI is InChI=1S/C17H21ClN4O/c1-3-14-12-16(17(23)21-9-7-20(2)8-10-21)19-22(14)15-6-4-5-13(18)11-15/h4-6,11-12H,3,7-10H2,1-2H3. The van der Waals surface area contributed by atoms with Crippen LogP contribution in [0.4, 0.5) is 0 Å². The number of hydrogen-bond acceptors (Lipinski definition) is 3. The minimum atomic E-state index is 0.00794. The van der Waals surface area contributed by atoms with Crippen LogP contribution in [0.3, 0.4) is 0 Å². The number of amides is 1. The van der Waals surface area contributed by atoms with Crippen molar-refractivity contribution in [1.29, 1.82) is 0 Å². The fraction of sp³-hybridized carbons (Fsp3) is 0.412. The summed E-state index contributed by atoms with van der Waals surface area (Å²) in [5.41, 5.74) is 2.39. The number of aryl methyl sites for hydroxylation is 1. The van der Waals surface area contributed by atoms with Crippen molar-refractivity contribution in [2.45, 2.75) is 13.3 Å². The lowest BCUT2D eigenvalue weighted by Gasteiger charge is -2.31. The van der Waals surface area contributed by atoms with E-state index in [1.165, 1.54) is 0 Å². The van der Waals surface area contributed by atoms with E-state index >= 15 is 0 Å². The number of aromatic nitrogens is 2. The van der Waals surface area contributed by atoms with E-state index in [2.05, 4.69) is 24.0 Å². The van der Waals surface area contributed by atoms with Gasteiger partial charge in [0.1, 0.15) is 0 Å². The summed E-state index contributed by atoms with van der Waals surface area (Å²) in [5, 5.41) is 5.20. The fourth-order valence-corrected chi connectivity index (χ4v) is 2.96. The lowest BCUT2D eigenvalue weighted by Crippen LogP contribution is -2.47. The summed E-state index contributed by atoms with van der Waals surface area (Å²) in [4.78, 5) is 16.8. The molecule has 5 nitrogen and oxygen atoms in total. The Morgan fingerprint density at radius 3 is 2.61 bits per heavy atom. The van der Waals surface area contributed by atoms with Gasteiger partial charge in [-0.15, -0.1) is 0 Å². The van der Waals surface area contributed by atoms with Crippen LogP contribution < -0.4 is 0 Å². The summed E-state index contributed by atoms with van der Waals surface area (Å²) in [6.07, 6.45) is 0.801. The number of hydrogen-bond donors (Lipinski definition) is 0. The number of carbonyl (C=O) groups excluding carboxylic acids is 1. The molecule has 122 valence electrons. The van der Waals surface area contributed by atoms with Crippen molar-refractivity contribution in [1.82, 2.24) is 19.6 Å². The molecule has 3 rings (SSSR count). The molecule has 23 heavy (non-hydrogen) atoms. The van der Waals surface area contributed by atoms with Crippen molar-refractivity contribution >= 4 is 17.5 Å². The van der Waals surface area contributed by atoms with Crippen LogP contribution in [-0.2, 0) is 6.42 Å². The maximum atomic E-state index is 12.7. The van der Waals surface area contributed by atoms with Crippen molar-refractivity contribution in [3.05, 3.63) is 46.7 Å². The maximum absolute atomic E-state index is 12.7. The third-order valence-corrected chi connectivity index (χ3v) is 4.44. The van der Waals surface area contributed by atoms with E-state index in [1.807, 2.05) is 39.9 Å². The molecule has 2 heterocycles. The molecule has 0 aliphatic carbocycles. The molecule has 0 atom stereocenters. The number of nitrogens with zero attached hydrogens (tertiary/aromatic N) is 4. The van der Waals surface area contributed by atoms with Crippen LogP contribution in [0.25, 0.3) is 5.69 Å². The van der Waals surface area contributed by atoms with Gasteiger partial charge in [-0.1, -0.05) is 24.6 Å². The van der Waals surface area contributed by atoms with E-state index in [0.29, 0.717) is 10.7 Å². The minimum Gasteiger partial charge on any atom is -0.335 e. The molecule has 1 aliphatic rings. The molecule has 2 aromatic rings. The molecule has 0 spiro atoms. The fourth-order valence-electron chi connectivity index (χ4n) is 2.78. The normalized spacial score (nSPS) is 15.9. The molecule has 6 heteroatoms. The second-order valence-electron chi connectivity index (χ2n) is 5.86. The van der Waals surface area contributed by atoms with Gasteiger partial charge in [-0.3, -0.25) is 4.79 Å². The molecule has 0 bridgehead atoms. The predicted octanol–water partition coefficient (Wildman–Crippen LogP) is 2.48. The number of carbonyl (C=O) groups is 1. The summed E-state index contributed by atoms with van der Waals surface area (Å²) < 4.78 is 1.81. The van der Waals surface area contributed by atoms with Gasteiger partial charge in [0.15, 0.2) is 5.69 Å².